The van der Waals surface area contributed by atoms with Crippen LogP contribution in [0.1, 0.15) is 5.56 Å². The number of hydrogen-bond acceptors (Lipinski definition) is 2. The molecule has 0 amide bonds. The van der Waals surface area contributed by atoms with E-state index in [4.69, 9.17) is 9.47 Å². The second-order valence-electron chi connectivity index (χ2n) is 2.29. The predicted octanol–water partition coefficient (Wildman–Crippen LogP) is 2.60. The van der Waals surface area contributed by atoms with Gasteiger partial charge in [-0.3, -0.25) is 0 Å². The van der Waals surface area contributed by atoms with E-state index in [2.05, 4.69) is 15.9 Å². The zero-order chi connectivity index (χ0) is 8.97. The maximum atomic E-state index is 5.20. The molecule has 3 heteroatoms. The lowest BCUT2D eigenvalue weighted by atomic mass is 10.2. The lowest BCUT2D eigenvalue weighted by molar-refractivity contribution is 0.353. The minimum atomic E-state index is 0.771. The molecule has 12 heavy (non-hydrogen) atoms. The maximum Gasteiger partial charge on any atom is 0.164 e. The maximum absolute atomic E-state index is 5.20. The fourth-order valence-electron chi connectivity index (χ4n) is 1.06. The second-order valence-corrected chi connectivity index (χ2v) is 2.85. The van der Waals surface area contributed by atoms with Gasteiger partial charge in [0.05, 0.1) is 14.2 Å². The van der Waals surface area contributed by atoms with Gasteiger partial charge in [0, 0.05) is 10.9 Å². The highest BCUT2D eigenvalue weighted by molar-refractivity contribution is 9.08. The van der Waals surface area contributed by atoms with E-state index in [0.717, 1.165) is 22.4 Å². The van der Waals surface area contributed by atoms with Crippen LogP contribution < -0.4 is 9.47 Å². The molecule has 0 fully saturated rings. The molecule has 0 saturated heterocycles. The fourth-order valence-corrected chi connectivity index (χ4v) is 1.50. The van der Waals surface area contributed by atoms with Crippen molar-refractivity contribution in [1.29, 1.82) is 0 Å². The van der Waals surface area contributed by atoms with E-state index >= 15 is 0 Å². The molecular weight excluding hydrogens is 220 g/mol. The molecule has 0 aliphatic carbocycles. The van der Waals surface area contributed by atoms with Crippen molar-refractivity contribution in [2.24, 2.45) is 0 Å². The molecule has 0 atom stereocenters. The van der Waals surface area contributed by atoms with Gasteiger partial charge in [0.25, 0.3) is 0 Å². The largest absolute Gasteiger partial charge is 0.493 e. The quantitative estimate of drug-likeness (QED) is 0.744. The van der Waals surface area contributed by atoms with Crippen LogP contribution in [0.5, 0.6) is 11.5 Å². The second kappa shape index (κ2) is 4.36. The third kappa shape index (κ3) is 1.72. The zero-order valence-corrected chi connectivity index (χ0v) is 8.72. The monoisotopic (exact) mass is 230 g/mol. The van der Waals surface area contributed by atoms with Gasteiger partial charge in [-0.2, -0.15) is 0 Å². The van der Waals surface area contributed by atoms with Crippen LogP contribution in [0.2, 0.25) is 0 Å². The van der Waals surface area contributed by atoms with Crippen molar-refractivity contribution in [3.05, 3.63) is 23.8 Å². The number of alkyl halides is 1. The van der Waals surface area contributed by atoms with E-state index in [1.54, 1.807) is 14.2 Å². The van der Waals surface area contributed by atoms with Crippen LogP contribution in [0.25, 0.3) is 0 Å². The molecular formula is C9H11BrO2. The number of para-hydroxylation sites is 1. The van der Waals surface area contributed by atoms with Crippen LogP contribution in [-0.4, -0.2) is 14.2 Å². The summed E-state index contributed by atoms with van der Waals surface area (Å²) in [5, 5.41) is 0.771. The molecule has 66 valence electrons. The molecule has 1 aromatic rings. The van der Waals surface area contributed by atoms with Crippen LogP contribution >= 0.6 is 15.9 Å². The summed E-state index contributed by atoms with van der Waals surface area (Å²) < 4.78 is 10.3. The van der Waals surface area contributed by atoms with Crippen molar-refractivity contribution < 1.29 is 9.47 Å². The molecule has 0 aliphatic rings. The molecule has 0 saturated carbocycles. The Morgan fingerprint density at radius 2 is 2.00 bits per heavy atom. The number of rotatable bonds is 3. The highest BCUT2D eigenvalue weighted by Gasteiger charge is 2.06. The molecule has 0 spiro atoms. The summed E-state index contributed by atoms with van der Waals surface area (Å²) in [6.07, 6.45) is 0. The van der Waals surface area contributed by atoms with Crippen molar-refractivity contribution in [1.82, 2.24) is 0 Å². The van der Waals surface area contributed by atoms with Gasteiger partial charge in [0.2, 0.25) is 0 Å². The molecule has 0 aliphatic heterocycles. The Labute approximate surface area is 80.6 Å². The molecule has 0 unspecified atom stereocenters. The Hall–Kier alpha value is -0.700. The minimum Gasteiger partial charge on any atom is -0.493 e. The molecule has 0 aromatic heterocycles. The van der Waals surface area contributed by atoms with Crippen LogP contribution in [0, 0.1) is 0 Å². The summed E-state index contributed by atoms with van der Waals surface area (Å²) in [7, 11) is 3.28. The van der Waals surface area contributed by atoms with Gasteiger partial charge >= 0.3 is 0 Å². The van der Waals surface area contributed by atoms with Gasteiger partial charge in [-0.1, -0.05) is 28.1 Å². The van der Waals surface area contributed by atoms with Gasteiger partial charge in [-0.05, 0) is 6.07 Å². The fraction of sp³-hybridized carbons (Fsp3) is 0.333. The van der Waals surface area contributed by atoms with Crippen LogP contribution in [-0.2, 0) is 5.33 Å². The Morgan fingerprint density at radius 3 is 2.50 bits per heavy atom. The van der Waals surface area contributed by atoms with Crippen LogP contribution in [0.15, 0.2) is 18.2 Å². The van der Waals surface area contributed by atoms with E-state index in [-0.39, 0.29) is 0 Å². The first-order valence-electron chi connectivity index (χ1n) is 3.59. The zero-order valence-electron chi connectivity index (χ0n) is 7.13. The Balaban J connectivity index is 3.13. The van der Waals surface area contributed by atoms with Crippen LogP contribution in [0.4, 0.5) is 0 Å². The van der Waals surface area contributed by atoms with Crippen molar-refractivity contribution in [2.45, 2.75) is 5.33 Å². The van der Waals surface area contributed by atoms with Gasteiger partial charge < -0.3 is 9.47 Å². The normalized spacial score (nSPS) is 9.58. The molecule has 0 bridgehead atoms. The van der Waals surface area contributed by atoms with Crippen molar-refractivity contribution in [2.75, 3.05) is 14.2 Å². The highest BCUT2D eigenvalue weighted by Crippen LogP contribution is 2.31. The minimum absolute atomic E-state index is 0.771. The van der Waals surface area contributed by atoms with E-state index < -0.39 is 0 Å². The third-order valence-electron chi connectivity index (χ3n) is 1.63. The summed E-state index contributed by atoms with van der Waals surface area (Å²) >= 11 is 3.38. The number of halogens is 1. The Kier molecular flexibility index (Phi) is 3.41. The highest BCUT2D eigenvalue weighted by atomic mass is 79.9. The molecule has 2 nitrogen and oxygen atoms in total. The number of hydrogen-bond donors (Lipinski definition) is 0. The lowest BCUT2D eigenvalue weighted by Gasteiger charge is -2.10. The van der Waals surface area contributed by atoms with E-state index in [1.165, 1.54) is 0 Å². The van der Waals surface area contributed by atoms with Gasteiger partial charge in [-0.15, -0.1) is 0 Å². The van der Waals surface area contributed by atoms with Gasteiger partial charge in [0.1, 0.15) is 0 Å². The smallest absolute Gasteiger partial charge is 0.164 e. The Morgan fingerprint density at radius 1 is 1.25 bits per heavy atom. The summed E-state index contributed by atoms with van der Waals surface area (Å²) in [6.45, 7) is 0. The third-order valence-corrected chi connectivity index (χ3v) is 2.23. The molecule has 0 radical (unpaired) electrons. The average Bonchev–Trinajstić information content (AvgIpc) is 2.16. The van der Waals surface area contributed by atoms with Crippen molar-refractivity contribution in [3.8, 4) is 11.5 Å². The summed E-state index contributed by atoms with van der Waals surface area (Å²) in [6, 6.07) is 5.82. The summed E-state index contributed by atoms with van der Waals surface area (Å²) in [5.74, 6) is 1.58. The molecule has 1 rings (SSSR count). The first-order valence-corrected chi connectivity index (χ1v) is 4.71. The summed E-state index contributed by atoms with van der Waals surface area (Å²) in [4.78, 5) is 0. The van der Waals surface area contributed by atoms with E-state index in [0.29, 0.717) is 0 Å². The van der Waals surface area contributed by atoms with Gasteiger partial charge in [-0.25, -0.2) is 0 Å². The SMILES string of the molecule is COc1cccc(CBr)c1OC. The molecule has 1 aromatic carbocycles. The lowest BCUT2D eigenvalue weighted by Crippen LogP contribution is -1.93. The molecule has 0 heterocycles. The number of ether oxygens (including phenoxy) is 2. The van der Waals surface area contributed by atoms with Crippen molar-refractivity contribution >= 4 is 15.9 Å². The first kappa shape index (κ1) is 9.39. The van der Waals surface area contributed by atoms with E-state index in [1.807, 2.05) is 18.2 Å². The van der Waals surface area contributed by atoms with Crippen molar-refractivity contribution in [3.63, 3.8) is 0 Å². The first-order chi connectivity index (χ1) is 5.83. The Bertz CT molecular complexity index is 238. The average molecular weight is 231 g/mol. The molecule has 0 N–H and O–H groups in total. The van der Waals surface area contributed by atoms with E-state index in [9.17, 15) is 0 Å². The summed E-state index contributed by atoms with van der Waals surface area (Å²) in [5.41, 5.74) is 1.09. The topological polar surface area (TPSA) is 18.5 Å². The number of methoxy groups -OCH3 is 2. The van der Waals surface area contributed by atoms with Crippen LogP contribution in [0.3, 0.4) is 0 Å². The standard InChI is InChI=1S/C9H11BrO2/c1-11-8-5-3-4-7(6-10)9(8)12-2/h3-5H,6H2,1-2H3. The predicted molar refractivity (Wildman–Crippen MR) is 52.2 cm³/mol. The number of benzene rings is 1. The van der Waals surface area contributed by atoms with Gasteiger partial charge in [0.15, 0.2) is 11.5 Å².